The zero-order chi connectivity index (χ0) is 21.1. The van der Waals surface area contributed by atoms with Crippen molar-refractivity contribution in [2.24, 2.45) is 0 Å². The van der Waals surface area contributed by atoms with Gasteiger partial charge in [-0.3, -0.25) is 19.3 Å². The molecule has 150 valence electrons. The molecule has 0 saturated heterocycles. The number of nitrogens with zero attached hydrogens (tertiary/aromatic N) is 1. The summed E-state index contributed by atoms with van der Waals surface area (Å²) in [5.74, 6) is -1.14. The van der Waals surface area contributed by atoms with Crippen molar-refractivity contribution >= 4 is 46.4 Å². The van der Waals surface area contributed by atoms with Gasteiger partial charge in [0.05, 0.1) is 17.8 Å². The van der Waals surface area contributed by atoms with E-state index >= 15 is 0 Å². The molecule has 4 rings (SSSR count). The summed E-state index contributed by atoms with van der Waals surface area (Å²) in [6.07, 6.45) is -0.193. The van der Waals surface area contributed by atoms with Gasteiger partial charge in [0.25, 0.3) is 5.91 Å². The largest absolute Gasteiger partial charge is 0.326 e. The summed E-state index contributed by atoms with van der Waals surface area (Å²) >= 11 is 5.87. The van der Waals surface area contributed by atoms with Crippen molar-refractivity contribution < 1.29 is 14.4 Å². The van der Waals surface area contributed by atoms with Crippen LogP contribution in [0.3, 0.4) is 0 Å². The number of hydrogen-bond donors (Lipinski definition) is 2. The van der Waals surface area contributed by atoms with E-state index in [4.69, 9.17) is 11.6 Å². The van der Waals surface area contributed by atoms with E-state index < -0.39 is 11.9 Å². The van der Waals surface area contributed by atoms with Crippen molar-refractivity contribution in [2.75, 3.05) is 15.5 Å². The Balaban J connectivity index is 1.64. The van der Waals surface area contributed by atoms with Crippen LogP contribution in [0.4, 0.5) is 17.1 Å². The van der Waals surface area contributed by atoms with Crippen LogP contribution in [0.5, 0.6) is 0 Å². The molecule has 30 heavy (non-hydrogen) atoms. The van der Waals surface area contributed by atoms with Crippen LogP contribution in [0.25, 0.3) is 0 Å². The molecule has 2 N–H and O–H groups in total. The quantitative estimate of drug-likeness (QED) is 0.660. The van der Waals surface area contributed by atoms with Gasteiger partial charge in [-0.25, -0.2) is 0 Å². The Morgan fingerprint density at radius 2 is 1.60 bits per heavy atom. The highest BCUT2D eigenvalue weighted by Crippen LogP contribution is 2.34. The molecule has 0 spiro atoms. The molecule has 0 radical (unpaired) electrons. The summed E-state index contributed by atoms with van der Waals surface area (Å²) in [5.41, 5.74) is 2.07. The van der Waals surface area contributed by atoms with Gasteiger partial charge in [-0.1, -0.05) is 41.9 Å². The average Bonchev–Trinajstić information content (AvgIpc) is 2.76. The lowest BCUT2D eigenvalue weighted by Gasteiger charge is -2.36. The Hall–Kier alpha value is -3.64. The first-order valence-corrected chi connectivity index (χ1v) is 9.74. The predicted octanol–water partition coefficient (Wildman–Crippen LogP) is 4.34. The molecule has 7 heteroatoms. The van der Waals surface area contributed by atoms with Gasteiger partial charge in [-0.15, -0.1) is 0 Å². The van der Waals surface area contributed by atoms with E-state index in [0.29, 0.717) is 27.6 Å². The monoisotopic (exact) mass is 419 g/mol. The fourth-order valence-electron chi connectivity index (χ4n) is 3.37. The topological polar surface area (TPSA) is 78.5 Å². The van der Waals surface area contributed by atoms with Crippen molar-refractivity contribution in [3.63, 3.8) is 0 Å². The van der Waals surface area contributed by atoms with Gasteiger partial charge in [-0.05, 0) is 48.5 Å². The first kappa shape index (κ1) is 19.7. The van der Waals surface area contributed by atoms with E-state index in [-0.39, 0.29) is 18.2 Å². The zero-order valence-corrected chi connectivity index (χ0v) is 16.6. The lowest BCUT2D eigenvalue weighted by molar-refractivity contribution is -0.122. The van der Waals surface area contributed by atoms with Crippen LogP contribution in [0.1, 0.15) is 16.8 Å². The molecule has 1 unspecified atom stereocenters. The van der Waals surface area contributed by atoms with E-state index in [0.717, 1.165) is 0 Å². The summed E-state index contributed by atoms with van der Waals surface area (Å²) in [5, 5.41) is 6.09. The molecule has 0 fully saturated rings. The van der Waals surface area contributed by atoms with E-state index in [1.807, 2.05) is 6.07 Å². The van der Waals surface area contributed by atoms with Gasteiger partial charge in [-0.2, -0.15) is 0 Å². The number of fused-ring (bicyclic) bond motifs is 1. The van der Waals surface area contributed by atoms with E-state index in [1.54, 1.807) is 72.8 Å². The van der Waals surface area contributed by atoms with Crippen LogP contribution < -0.4 is 15.5 Å². The first-order chi connectivity index (χ1) is 14.5. The Labute approximate surface area is 178 Å². The number of hydrogen-bond acceptors (Lipinski definition) is 3. The molecular weight excluding hydrogens is 402 g/mol. The molecule has 6 nitrogen and oxygen atoms in total. The Bertz CT molecular complexity index is 1100. The number of anilines is 3. The second kappa shape index (κ2) is 8.39. The van der Waals surface area contributed by atoms with Crippen molar-refractivity contribution in [3.8, 4) is 0 Å². The van der Waals surface area contributed by atoms with Crippen LogP contribution in [0.15, 0.2) is 78.9 Å². The van der Waals surface area contributed by atoms with Crippen molar-refractivity contribution in [2.45, 2.75) is 12.5 Å². The van der Waals surface area contributed by atoms with E-state index in [9.17, 15) is 14.4 Å². The third-order valence-corrected chi connectivity index (χ3v) is 5.03. The molecule has 0 bridgehead atoms. The standard InChI is InChI=1S/C23H18ClN3O3/c24-16-10-12-17(13-11-16)25-21(28)14-20-22(29)26-18-8-4-5-9-19(18)27(20)23(30)15-6-2-1-3-7-15/h1-13,20H,14H2,(H,25,28)(H,26,29). The minimum absolute atomic E-state index is 0.193. The molecule has 3 aromatic carbocycles. The number of halogens is 1. The summed E-state index contributed by atoms with van der Waals surface area (Å²) in [4.78, 5) is 40.2. The molecule has 0 saturated carbocycles. The summed E-state index contributed by atoms with van der Waals surface area (Å²) < 4.78 is 0. The molecule has 1 aliphatic rings. The molecule has 3 aromatic rings. The second-order valence-electron chi connectivity index (χ2n) is 6.82. The van der Waals surface area contributed by atoms with Crippen molar-refractivity contribution in [1.29, 1.82) is 0 Å². The van der Waals surface area contributed by atoms with Crippen molar-refractivity contribution in [1.82, 2.24) is 0 Å². The van der Waals surface area contributed by atoms with Gasteiger partial charge in [0.1, 0.15) is 6.04 Å². The highest BCUT2D eigenvalue weighted by atomic mass is 35.5. The molecule has 1 aliphatic heterocycles. The number of nitrogens with one attached hydrogen (secondary N) is 2. The van der Waals surface area contributed by atoms with Gasteiger partial charge >= 0.3 is 0 Å². The average molecular weight is 420 g/mol. The number of benzene rings is 3. The molecule has 3 amide bonds. The van der Waals surface area contributed by atoms with Gasteiger partial charge in [0, 0.05) is 16.3 Å². The normalized spacial score (nSPS) is 15.2. The Kier molecular flexibility index (Phi) is 5.50. The lowest BCUT2D eigenvalue weighted by Crippen LogP contribution is -2.52. The van der Waals surface area contributed by atoms with Crippen LogP contribution >= 0.6 is 11.6 Å². The number of carbonyl (C=O) groups is 3. The maximum atomic E-state index is 13.3. The first-order valence-electron chi connectivity index (χ1n) is 9.37. The SMILES string of the molecule is O=C(CC1C(=O)Nc2ccccc2N1C(=O)c1ccccc1)Nc1ccc(Cl)cc1. The molecule has 1 heterocycles. The highest BCUT2D eigenvalue weighted by Gasteiger charge is 2.38. The number of para-hydroxylation sites is 2. The van der Waals surface area contributed by atoms with Crippen LogP contribution in [-0.4, -0.2) is 23.8 Å². The smallest absolute Gasteiger partial charge is 0.259 e. The minimum Gasteiger partial charge on any atom is -0.326 e. The minimum atomic E-state index is -0.986. The summed E-state index contributed by atoms with van der Waals surface area (Å²) in [6, 6.07) is 21.4. The van der Waals surface area contributed by atoms with Crippen LogP contribution in [0, 0.1) is 0 Å². The Morgan fingerprint density at radius 1 is 0.933 bits per heavy atom. The number of rotatable bonds is 4. The van der Waals surface area contributed by atoms with Crippen molar-refractivity contribution in [3.05, 3.63) is 89.4 Å². The fourth-order valence-corrected chi connectivity index (χ4v) is 3.49. The van der Waals surface area contributed by atoms with E-state index in [1.165, 1.54) is 4.90 Å². The Morgan fingerprint density at radius 3 is 2.33 bits per heavy atom. The van der Waals surface area contributed by atoms with E-state index in [2.05, 4.69) is 10.6 Å². The van der Waals surface area contributed by atoms with Gasteiger partial charge < -0.3 is 10.6 Å². The van der Waals surface area contributed by atoms with Crippen LogP contribution in [0.2, 0.25) is 5.02 Å². The maximum Gasteiger partial charge on any atom is 0.259 e. The lowest BCUT2D eigenvalue weighted by atomic mass is 10.0. The fraction of sp³-hybridized carbons (Fsp3) is 0.0870. The zero-order valence-electron chi connectivity index (χ0n) is 15.8. The van der Waals surface area contributed by atoms with Crippen LogP contribution in [-0.2, 0) is 9.59 Å². The number of amides is 3. The predicted molar refractivity (Wildman–Crippen MR) is 117 cm³/mol. The molecular formula is C23H18ClN3O3. The molecule has 0 aromatic heterocycles. The maximum absolute atomic E-state index is 13.3. The third kappa shape index (κ3) is 4.04. The molecule has 0 aliphatic carbocycles. The van der Waals surface area contributed by atoms with Gasteiger partial charge in [0.15, 0.2) is 0 Å². The van der Waals surface area contributed by atoms with Gasteiger partial charge in [0.2, 0.25) is 11.8 Å². The summed E-state index contributed by atoms with van der Waals surface area (Å²) in [7, 11) is 0. The summed E-state index contributed by atoms with van der Waals surface area (Å²) in [6.45, 7) is 0. The molecule has 1 atom stereocenters. The number of carbonyl (C=O) groups excluding carboxylic acids is 3. The third-order valence-electron chi connectivity index (χ3n) is 4.78. The second-order valence-corrected chi connectivity index (χ2v) is 7.26. The highest BCUT2D eigenvalue weighted by molar-refractivity contribution is 6.30.